The van der Waals surface area contributed by atoms with E-state index in [0.717, 1.165) is 17.3 Å². The number of aliphatic imine (C=N–C) groups is 1. The van der Waals surface area contributed by atoms with Crippen molar-refractivity contribution in [2.75, 3.05) is 19.6 Å². The second-order valence-corrected chi connectivity index (χ2v) is 10.3. The van der Waals surface area contributed by atoms with Gasteiger partial charge in [-0.05, 0) is 56.2 Å². The monoisotopic (exact) mass is 461 g/mol. The van der Waals surface area contributed by atoms with Crippen molar-refractivity contribution >= 4 is 16.9 Å². The molecule has 0 amide bonds. The second kappa shape index (κ2) is 9.05. The highest BCUT2D eigenvalue weighted by molar-refractivity contribution is 7.82. The van der Waals surface area contributed by atoms with Gasteiger partial charge in [0.25, 0.3) is 0 Å². The third-order valence-electron chi connectivity index (χ3n) is 5.68. The summed E-state index contributed by atoms with van der Waals surface area (Å²) in [7, 11) is -1.66. The number of rotatable bonds is 6. The van der Waals surface area contributed by atoms with Crippen molar-refractivity contribution in [2.45, 2.75) is 56.8 Å². The number of alkyl halides is 3. The molecule has 31 heavy (non-hydrogen) atoms. The van der Waals surface area contributed by atoms with Crippen LogP contribution in [0.15, 0.2) is 34.2 Å². The maximum atomic E-state index is 12.9. The molecule has 1 fully saturated rings. The molecule has 0 spiro atoms. The Hall–Kier alpha value is -1.69. The molecule has 2 atom stereocenters. The molecule has 7 nitrogen and oxygen atoms in total. The van der Waals surface area contributed by atoms with Gasteiger partial charge in [0, 0.05) is 19.6 Å². The van der Waals surface area contributed by atoms with Crippen LogP contribution in [-0.2, 0) is 17.2 Å². The number of hydroxylamine groups is 1. The Kier molecular flexibility index (Phi) is 6.99. The first-order chi connectivity index (χ1) is 14.4. The molecule has 174 valence electrons. The molecule has 2 heterocycles. The van der Waals surface area contributed by atoms with E-state index in [9.17, 15) is 22.6 Å². The highest BCUT2D eigenvalue weighted by atomic mass is 32.2. The van der Waals surface area contributed by atoms with Crippen molar-refractivity contribution < 1.29 is 22.6 Å². The normalized spacial score (nSPS) is 25.3. The average molecular weight is 462 g/mol. The topological polar surface area (TPSA) is 85.4 Å². The van der Waals surface area contributed by atoms with Crippen LogP contribution >= 0.6 is 0 Å². The first kappa shape index (κ1) is 24.0. The van der Waals surface area contributed by atoms with Crippen LogP contribution in [0, 0.1) is 11.8 Å². The summed E-state index contributed by atoms with van der Waals surface area (Å²) in [5.41, 5.74) is 4.46. The Morgan fingerprint density at radius 2 is 1.97 bits per heavy atom. The minimum Gasteiger partial charge on any atom is -0.369 e. The zero-order valence-electron chi connectivity index (χ0n) is 18.0. The molecule has 0 aliphatic carbocycles. The number of nitrogens with zero attached hydrogens (tertiary/aromatic N) is 4. The minimum atomic E-state index is -4.47. The van der Waals surface area contributed by atoms with Gasteiger partial charge in [0.05, 0.1) is 10.5 Å². The lowest BCUT2D eigenvalue weighted by Gasteiger charge is -2.37. The molecule has 2 aliphatic rings. The summed E-state index contributed by atoms with van der Waals surface area (Å²) in [5, 5.41) is 13.3. The fourth-order valence-corrected chi connectivity index (χ4v) is 5.47. The van der Waals surface area contributed by atoms with E-state index in [2.05, 4.69) is 4.99 Å². The van der Waals surface area contributed by atoms with Gasteiger partial charge in [-0.25, -0.2) is 13.5 Å². The van der Waals surface area contributed by atoms with Gasteiger partial charge in [-0.1, -0.05) is 25.1 Å². The Bertz CT molecular complexity index is 842. The van der Waals surface area contributed by atoms with Crippen LogP contribution in [0.5, 0.6) is 0 Å². The molecule has 1 aromatic rings. The quantitative estimate of drug-likeness (QED) is 0.678. The van der Waals surface area contributed by atoms with E-state index in [1.54, 1.807) is 9.31 Å². The Morgan fingerprint density at radius 3 is 2.55 bits per heavy atom. The van der Waals surface area contributed by atoms with E-state index in [1.807, 2.05) is 20.8 Å². The van der Waals surface area contributed by atoms with Crippen LogP contribution in [0.3, 0.4) is 0 Å². The summed E-state index contributed by atoms with van der Waals surface area (Å²) in [6, 6.07) is 4.66. The maximum absolute atomic E-state index is 12.9. The lowest BCUT2D eigenvalue weighted by molar-refractivity contribution is -0.264. The number of benzene rings is 1. The standard InChI is InChI=1S/C20H30F3N5O2S/c1-14(2)12-19(3)25-18(24)27(28(19)29)13-15-7-9-26(10-8-15)31(30)17-6-4-5-16(11-17)20(21,22)23/h4-6,11,14-15,29H,7-10,12-13H2,1-3H3,(H2,24,25)/t19-,31?/m0/s1. The van der Waals surface area contributed by atoms with E-state index < -0.39 is 28.4 Å². The fraction of sp³-hybridized carbons (Fsp3) is 0.650. The van der Waals surface area contributed by atoms with Crippen molar-refractivity contribution in [3.63, 3.8) is 0 Å². The summed E-state index contributed by atoms with van der Waals surface area (Å²) in [6.07, 6.45) is -2.45. The van der Waals surface area contributed by atoms with Crippen molar-refractivity contribution in [3.05, 3.63) is 29.8 Å². The lowest BCUT2D eigenvalue weighted by atomic mass is 9.98. The van der Waals surface area contributed by atoms with Gasteiger partial charge in [-0.15, -0.1) is 0 Å². The SMILES string of the molecule is CC(C)C[C@@]1(C)N=C(N)N(CC2CCN(S(=O)c3cccc(C(F)(F)F)c3)CC2)N1O. The average Bonchev–Trinajstić information content (AvgIpc) is 2.89. The lowest BCUT2D eigenvalue weighted by Crippen LogP contribution is -2.52. The summed E-state index contributed by atoms with van der Waals surface area (Å²) < 4.78 is 53.3. The van der Waals surface area contributed by atoms with E-state index >= 15 is 0 Å². The number of hydrogen-bond donors (Lipinski definition) is 2. The van der Waals surface area contributed by atoms with Crippen LogP contribution in [0.25, 0.3) is 0 Å². The van der Waals surface area contributed by atoms with Gasteiger partial charge in [0.1, 0.15) is 11.0 Å². The number of guanidine groups is 1. The minimum absolute atomic E-state index is 0.148. The Balaban J connectivity index is 1.58. The molecule has 3 rings (SSSR count). The van der Waals surface area contributed by atoms with Crippen molar-refractivity contribution in [3.8, 4) is 0 Å². The smallest absolute Gasteiger partial charge is 0.369 e. The van der Waals surface area contributed by atoms with Crippen LogP contribution in [-0.4, -0.2) is 55.2 Å². The van der Waals surface area contributed by atoms with E-state index in [4.69, 9.17) is 5.73 Å². The number of piperidine rings is 1. The summed E-state index contributed by atoms with van der Waals surface area (Å²) in [6.45, 7) is 7.37. The Morgan fingerprint density at radius 1 is 1.32 bits per heavy atom. The van der Waals surface area contributed by atoms with Crippen LogP contribution in [0.2, 0.25) is 0 Å². The predicted octanol–water partition coefficient (Wildman–Crippen LogP) is 3.44. The number of hydrazine groups is 1. The van der Waals surface area contributed by atoms with Crippen LogP contribution < -0.4 is 5.73 Å². The van der Waals surface area contributed by atoms with E-state index in [-0.39, 0.29) is 16.8 Å². The molecule has 0 aromatic heterocycles. The maximum Gasteiger partial charge on any atom is 0.416 e. The van der Waals surface area contributed by atoms with Gasteiger partial charge in [-0.3, -0.25) is 10.2 Å². The highest BCUT2D eigenvalue weighted by Crippen LogP contribution is 2.33. The molecule has 0 saturated carbocycles. The molecule has 1 aromatic carbocycles. The fourth-order valence-electron chi connectivity index (χ4n) is 4.21. The van der Waals surface area contributed by atoms with E-state index in [1.165, 1.54) is 12.1 Å². The van der Waals surface area contributed by atoms with Crippen molar-refractivity contribution in [1.29, 1.82) is 0 Å². The molecule has 0 bridgehead atoms. The zero-order valence-corrected chi connectivity index (χ0v) is 18.8. The molecular weight excluding hydrogens is 431 g/mol. The molecule has 3 N–H and O–H groups in total. The number of hydrogen-bond acceptors (Lipinski definition) is 6. The number of halogens is 3. The zero-order chi connectivity index (χ0) is 23.0. The van der Waals surface area contributed by atoms with Gasteiger partial charge in [0.2, 0.25) is 5.96 Å². The second-order valence-electron chi connectivity index (χ2n) is 8.80. The van der Waals surface area contributed by atoms with Gasteiger partial charge >= 0.3 is 6.18 Å². The van der Waals surface area contributed by atoms with Gasteiger partial charge < -0.3 is 5.73 Å². The van der Waals surface area contributed by atoms with Crippen LogP contribution in [0.4, 0.5) is 13.2 Å². The van der Waals surface area contributed by atoms with Gasteiger partial charge in [0.15, 0.2) is 5.66 Å². The van der Waals surface area contributed by atoms with Crippen molar-refractivity contribution in [2.24, 2.45) is 22.6 Å². The van der Waals surface area contributed by atoms with E-state index in [0.29, 0.717) is 44.8 Å². The summed E-state index contributed by atoms with van der Waals surface area (Å²) in [4.78, 5) is 4.59. The Labute approximate surface area is 183 Å². The largest absolute Gasteiger partial charge is 0.416 e. The molecule has 11 heteroatoms. The number of nitrogens with two attached hydrogens (primary N) is 1. The molecular formula is C20H30F3N5O2S. The summed E-state index contributed by atoms with van der Waals surface area (Å²) >= 11 is 0. The molecule has 2 aliphatic heterocycles. The third-order valence-corrected chi connectivity index (χ3v) is 7.17. The summed E-state index contributed by atoms with van der Waals surface area (Å²) in [5.74, 6) is 0.769. The predicted molar refractivity (Wildman–Crippen MR) is 112 cm³/mol. The molecule has 0 radical (unpaired) electrons. The van der Waals surface area contributed by atoms with Crippen LogP contribution in [0.1, 0.15) is 45.6 Å². The highest BCUT2D eigenvalue weighted by Gasteiger charge is 2.43. The first-order valence-electron chi connectivity index (χ1n) is 10.4. The third kappa shape index (κ3) is 5.39. The van der Waals surface area contributed by atoms with Gasteiger partial charge in [-0.2, -0.15) is 13.2 Å². The first-order valence-corrected chi connectivity index (χ1v) is 11.5. The van der Waals surface area contributed by atoms with Crippen molar-refractivity contribution in [1.82, 2.24) is 14.5 Å². The molecule has 1 saturated heterocycles. The molecule has 1 unspecified atom stereocenters.